The van der Waals surface area contributed by atoms with Crippen LogP contribution in [0.2, 0.25) is 0 Å². The molecule has 0 atom stereocenters. The molecule has 0 bridgehead atoms. The summed E-state index contributed by atoms with van der Waals surface area (Å²) < 4.78 is 4.30. The number of rotatable bonds is 11. The first kappa shape index (κ1) is 43.9. The van der Waals surface area contributed by atoms with E-state index in [-0.39, 0.29) is 0 Å². The van der Waals surface area contributed by atoms with Crippen molar-refractivity contribution in [2.45, 2.75) is 0 Å². The molecule has 0 saturated heterocycles. The van der Waals surface area contributed by atoms with Gasteiger partial charge in [0.05, 0.1) is 17.1 Å². The van der Waals surface area contributed by atoms with Gasteiger partial charge in [0.25, 0.3) is 0 Å². The van der Waals surface area contributed by atoms with E-state index in [2.05, 4.69) is 213 Å². The molecule has 0 saturated carbocycles. The van der Waals surface area contributed by atoms with Crippen molar-refractivity contribution < 1.29 is 0 Å². The highest BCUT2D eigenvalue weighted by atomic mass is 15.1. The van der Waals surface area contributed by atoms with E-state index in [1.54, 1.807) is 0 Å². The lowest BCUT2D eigenvalue weighted by Crippen LogP contribution is -2.00. The molecule has 0 spiro atoms. The van der Waals surface area contributed by atoms with Crippen LogP contribution in [0, 0.1) is 0 Å². The van der Waals surface area contributed by atoms with Crippen molar-refractivity contribution in [2.24, 2.45) is 0 Å². The fourth-order valence-electron chi connectivity index (χ4n) is 10.1. The number of imidazole rings is 2. The summed E-state index contributed by atoms with van der Waals surface area (Å²) >= 11 is 0. The van der Waals surface area contributed by atoms with Gasteiger partial charge < -0.3 is 0 Å². The molecule has 8 aromatic carbocycles. The van der Waals surface area contributed by atoms with Gasteiger partial charge in [0, 0.05) is 88.0 Å². The average Bonchev–Trinajstić information content (AvgIpc) is 4.20. The van der Waals surface area contributed by atoms with E-state index < -0.39 is 0 Å². The minimum atomic E-state index is 0.806. The molecule has 0 aliphatic heterocycles. The third kappa shape index (κ3) is 8.44. The second kappa shape index (κ2) is 19.2. The second-order valence-electron chi connectivity index (χ2n) is 18.2. The van der Waals surface area contributed by atoms with Gasteiger partial charge in [0.2, 0.25) is 0 Å². The normalized spacial score (nSPS) is 11.2. The molecule has 0 amide bonds. The minimum absolute atomic E-state index is 0.806. The van der Waals surface area contributed by atoms with Gasteiger partial charge in [-0.05, 0) is 129 Å². The van der Waals surface area contributed by atoms with Crippen molar-refractivity contribution in [3.05, 3.63) is 274 Å². The van der Waals surface area contributed by atoms with Crippen molar-refractivity contribution in [1.29, 1.82) is 0 Å². The van der Waals surface area contributed by atoms with Gasteiger partial charge in [0.15, 0.2) is 0 Å². The van der Waals surface area contributed by atoms with Gasteiger partial charge in [0.1, 0.15) is 11.6 Å². The number of nitrogens with zero attached hydrogens (tertiary/aromatic N) is 7. The Kier molecular flexibility index (Phi) is 11.4. The molecule has 13 rings (SSSR count). The largest absolute Gasteiger partial charge is 0.300 e. The molecular weight excluding hydrogens is 903 g/mol. The average molecular weight is 948 g/mol. The topological polar surface area (TPSA) is 74.3 Å². The maximum Gasteiger partial charge on any atom is 0.144 e. The van der Waals surface area contributed by atoms with Crippen LogP contribution < -0.4 is 0 Å². The van der Waals surface area contributed by atoms with Crippen molar-refractivity contribution in [3.8, 4) is 112 Å². The highest BCUT2D eigenvalue weighted by Gasteiger charge is 2.20. The van der Waals surface area contributed by atoms with Crippen molar-refractivity contribution >= 4 is 10.8 Å². The van der Waals surface area contributed by atoms with E-state index in [9.17, 15) is 0 Å². The zero-order chi connectivity index (χ0) is 49.2. The maximum atomic E-state index is 5.05. The van der Waals surface area contributed by atoms with Crippen molar-refractivity contribution in [1.82, 2.24) is 34.1 Å². The number of benzene rings is 8. The first-order valence-electron chi connectivity index (χ1n) is 24.7. The van der Waals surface area contributed by atoms with Crippen LogP contribution >= 0.6 is 0 Å². The van der Waals surface area contributed by atoms with Gasteiger partial charge in [-0.3, -0.25) is 24.1 Å². The third-order valence-corrected chi connectivity index (χ3v) is 13.7. The fraction of sp³-hybridized carbons (Fsp3) is 0. The molecule has 0 unspecified atom stereocenters. The first-order chi connectivity index (χ1) is 36.7. The SMILES string of the molecule is c1ccc(-c2ccc(-c3cc(-c4nccc5ccccc45)ccc3-c3ccccc3-c3cc(-c4nccn4-c4ccc(-c5ccccn5)cc4)cc(-c4nccn4-c4ccc(-c5ccccn5)cc4)c3)cc2)cc1. The predicted molar refractivity (Wildman–Crippen MR) is 301 cm³/mol. The number of fused-ring (bicyclic) bond motifs is 1. The van der Waals surface area contributed by atoms with Crippen molar-refractivity contribution in [3.63, 3.8) is 0 Å². The lowest BCUT2D eigenvalue weighted by molar-refractivity contribution is 1.06. The number of pyridine rings is 3. The van der Waals surface area contributed by atoms with E-state index in [1.807, 2.05) is 79.8 Å². The van der Waals surface area contributed by atoms with Crippen LogP contribution in [-0.2, 0) is 0 Å². The Labute approximate surface area is 429 Å². The Balaban J connectivity index is 0.976. The molecule has 0 fully saturated rings. The zero-order valence-corrected chi connectivity index (χ0v) is 40.1. The van der Waals surface area contributed by atoms with Gasteiger partial charge >= 0.3 is 0 Å². The number of hydrogen-bond acceptors (Lipinski definition) is 5. The molecule has 74 heavy (non-hydrogen) atoms. The summed E-state index contributed by atoms with van der Waals surface area (Å²) in [6.07, 6.45) is 13.3. The lowest BCUT2D eigenvalue weighted by Gasteiger charge is -2.18. The Bertz CT molecular complexity index is 3940. The number of aromatic nitrogens is 7. The van der Waals surface area contributed by atoms with Gasteiger partial charge in [-0.25, -0.2) is 9.97 Å². The molecule has 348 valence electrons. The number of hydrogen-bond donors (Lipinski definition) is 0. The Morgan fingerprint density at radius 2 is 0.757 bits per heavy atom. The molecule has 7 heteroatoms. The molecule has 0 aliphatic carbocycles. The van der Waals surface area contributed by atoms with E-state index >= 15 is 0 Å². The lowest BCUT2D eigenvalue weighted by atomic mass is 9.86. The smallest absolute Gasteiger partial charge is 0.144 e. The molecule has 5 aromatic heterocycles. The van der Waals surface area contributed by atoms with Crippen LogP contribution in [-0.4, -0.2) is 34.1 Å². The van der Waals surface area contributed by atoms with Crippen LogP contribution in [0.15, 0.2) is 274 Å². The van der Waals surface area contributed by atoms with Gasteiger partial charge in [-0.15, -0.1) is 0 Å². The van der Waals surface area contributed by atoms with Crippen LogP contribution in [0.5, 0.6) is 0 Å². The molecule has 5 heterocycles. The minimum Gasteiger partial charge on any atom is -0.300 e. The molecule has 0 aliphatic rings. The summed E-state index contributed by atoms with van der Waals surface area (Å²) in [5.74, 6) is 1.61. The Morgan fingerprint density at radius 1 is 0.257 bits per heavy atom. The summed E-state index contributed by atoms with van der Waals surface area (Å²) in [6, 6.07) is 81.2. The Hall–Kier alpha value is -10.1. The van der Waals surface area contributed by atoms with Crippen LogP contribution in [0.4, 0.5) is 0 Å². The van der Waals surface area contributed by atoms with E-state index in [0.717, 1.165) is 118 Å². The standard InChI is InChI=1S/C67H45N7/c1-2-12-46(13-3-1)47-20-22-49(23-21-47)62-45-52(65-59-16-5-4-14-48(59)34-37-70-65)28-33-61(62)60-17-7-6-15-58(60)53-42-54(66-71-38-40-73(66)56-29-24-50(25-30-56)63-18-8-10-35-68-63)44-55(43-53)67-72-39-41-74(67)57-31-26-51(27-32-57)64-19-9-11-36-69-64/h1-45H. The summed E-state index contributed by atoms with van der Waals surface area (Å²) in [4.78, 5) is 24.3. The molecule has 13 aromatic rings. The first-order valence-corrected chi connectivity index (χ1v) is 24.7. The summed E-state index contributed by atoms with van der Waals surface area (Å²) in [5.41, 5.74) is 18.7. The van der Waals surface area contributed by atoms with E-state index in [1.165, 1.54) is 5.56 Å². The van der Waals surface area contributed by atoms with E-state index in [4.69, 9.17) is 15.0 Å². The summed E-state index contributed by atoms with van der Waals surface area (Å²) in [5, 5.41) is 2.27. The highest BCUT2D eigenvalue weighted by Crippen LogP contribution is 2.43. The van der Waals surface area contributed by atoms with Crippen LogP contribution in [0.25, 0.3) is 123 Å². The quantitative estimate of drug-likeness (QED) is 0.129. The third-order valence-electron chi connectivity index (χ3n) is 13.7. The molecule has 0 radical (unpaired) electrons. The fourth-order valence-corrected chi connectivity index (χ4v) is 10.1. The van der Waals surface area contributed by atoms with Crippen LogP contribution in [0.1, 0.15) is 0 Å². The molecule has 7 nitrogen and oxygen atoms in total. The molecular formula is C67H45N7. The van der Waals surface area contributed by atoms with Gasteiger partial charge in [-0.2, -0.15) is 0 Å². The predicted octanol–water partition coefficient (Wildman–Crippen LogP) is 16.4. The summed E-state index contributed by atoms with van der Waals surface area (Å²) in [6.45, 7) is 0. The highest BCUT2D eigenvalue weighted by molar-refractivity contribution is 5.99. The van der Waals surface area contributed by atoms with Crippen LogP contribution in [0.3, 0.4) is 0 Å². The maximum absolute atomic E-state index is 5.05. The molecule has 0 N–H and O–H groups in total. The van der Waals surface area contributed by atoms with E-state index in [0.29, 0.717) is 0 Å². The van der Waals surface area contributed by atoms with Crippen molar-refractivity contribution in [2.75, 3.05) is 0 Å². The summed E-state index contributed by atoms with van der Waals surface area (Å²) in [7, 11) is 0. The Morgan fingerprint density at radius 3 is 1.38 bits per heavy atom. The second-order valence-corrected chi connectivity index (χ2v) is 18.2. The van der Waals surface area contributed by atoms with Gasteiger partial charge in [-0.1, -0.05) is 152 Å². The monoisotopic (exact) mass is 947 g/mol. The zero-order valence-electron chi connectivity index (χ0n) is 40.1.